The molecule has 28 heavy (non-hydrogen) atoms. The highest BCUT2D eigenvalue weighted by molar-refractivity contribution is 7.92. The summed E-state index contributed by atoms with van der Waals surface area (Å²) >= 11 is 0. The molecule has 1 aliphatic rings. The molecule has 2 aromatic rings. The number of hydrogen-bond donors (Lipinski definition) is 2. The molecule has 0 spiro atoms. The SMILES string of the molecule is C[C@@H](O)c1ccc(S(=O)(=O)Nc2ccc(C(=O)O[C@@H]3CCOC3=O)cc2)cc1. The molecule has 2 N–H and O–H groups in total. The first-order valence-electron chi connectivity index (χ1n) is 8.55. The van der Waals surface area contributed by atoms with E-state index in [0.717, 1.165) is 0 Å². The predicted molar refractivity (Wildman–Crippen MR) is 99.1 cm³/mol. The van der Waals surface area contributed by atoms with Gasteiger partial charge >= 0.3 is 11.9 Å². The molecule has 0 radical (unpaired) electrons. The fourth-order valence-corrected chi connectivity index (χ4v) is 3.65. The van der Waals surface area contributed by atoms with E-state index in [2.05, 4.69) is 4.72 Å². The van der Waals surface area contributed by atoms with E-state index in [-0.39, 0.29) is 22.8 Å². The quantitative estimate of drug-likeness (QED) is 0.706. The molecule has 0 unspecified atom stereocenters. The first kappa shape index (κ1) is 19.8. The number of benzene rings is 2. The molecule has 2 aromatic carbocycles. The van der Waals surface area contributed by atoms with Gasteiger partial charge in [0.2, 0.25) is 6.10 Å². The van der Waals surface area contributed by atoms with Crippen molar-refractivity contribution in [2.24, 2.45) is 0 Å². The van der Waals surface area contributed by atoms with E-state index in [1.54, 1.807) is 6.92 Å². The topological polar surface area (TPSA) is 119 Å². The summed E-state index contributed by atoms with van der Waals surface area (Å²) in [5.41, 5.74) is 1.05. The number of esters is 2. The van der Waals surface area contributed by atoms with E-state index in [0.29, 0.717) is 12.0 Å². The fourth-order valence-electron chi connectivity index (χ4n) is 2.60. The molecular weight excluding hydrogens is 386 g/mol. The van der Waals surface area contributed by atoms with E-state index in [9.17, 15) is 23.1 Å². The largest absolute Gasteiger partial charge is 0.463 e. The average molecular weight is 405 g/mol. The zero-order valence-corrected chi connectivity index (χ0v) is 15.8. The summed E-state index contributed by atoms with van der Waals surface area (Å²) in [4.78, 5) is 23.5. The summed E-state index contributed by atoms with van der Waals surface area (Å²) < 4.78 is 37.1. The molecule has 9 heteroatoms. The van der Waals surface area contributed by atoms with Crippen LogP contribution in [-0.4, -0.2) is 38.2 Å². The minimum Gasteiger partial charge on any atom is -0.463 e. The lowest BCUT2D eigenvalue weighted by atomic mass is 10.1. The molecule has 3 rings (SSSR count). The Morgan fingerprint density at radius 1 is 1.18 bits per heavy atom. The van der Waals surface area contributed by atoms with Crippen LogP contribution in [-0.2, 0) is 24.3 Å². The number of aliphatic hydroxyl groups is 1. The normalized spacial score (nSPS) is 17.6. The van der Waals surface area contributed by atoms with Crippen molar-refractivity contribution in [3.63, 3.8) is 0 Å². The summed E-state index contributed by atoms with van der Waals surface area (Å²) in [7, 11) is -3.82. The number of aliphatic hydroxyl groups excluding tert-OH is 1. The zero-order chi connectivity index (χ0) is 20.3. The van der Waals surface area contributed by atoms with E-state index in [4.69, 9.17) is 9.47 Å². The molecule has 1 aliphatic heterocycles. The van der Waals surface area contributed by atoms with Crippen molar-refractivity contribution in [2.45, 2.75) is 30.4 Å². The molecule has 0 aromatic heterocycles. The van der Waals surface area contributed by atoms with E-state index in [1.807, 2.05) is 0 Å². The van der Waals surface area contributed by atoms with Crippen LogP contribution in [0.1, 0.15) is 35.4 Å². The summed E-state index contributed by atoms with van der Waals surface area (Å²) in [5.74, 6) is -1.26. The lowest BCUT2D eigenvalue weighted by molar-refractivity contribution is -0.145. The van der Waals surface area contributed by atoms with Crippen molar-refractivity contribution >= 4 is 27.6 Å². The Morgan fingerprint density at radius 2 is 1.82 bits per heavy atom. The van der Waals surface area contributed by atoms with Gasteiger partial charge in [-0.1, -0.05) is 12.1 Å². The van der Waals surface area contributed by atoms with Gasteiger partial charge in [-0.15, -0.1) is 0 Å². The van der Waals surface area contributed by atoms with E-state index < -0.39 is 34.2 Å². The molecule has 1 heterocycles. The minimum absolute atomic E-state index is 0.0418. The van der Waals surface area contributed by atoms with Crippen LogP contribution in [0, 0.1) is 0 Å². The lowest BCUT2D eigenvalue weighted by Crippen LogP contribution is -2.22. The number of rotatable bonds is 6. The number of hydrogen-bond acceptors (Lipinski definition) is 7. The molecule has 2 atom stereocenters. The highest BCUT2D eigenvalue weighted by atomic mass is 32.2. The summed E-state index contributed by atoms with van der Waals surface area (Å²) in [6.07, 6.45) is -1.28. The van der Waals surface area contributed by atoms with Crippen molar-refractivity contribution < 1.29 is 32.6 Å². The molecule has 0 bridgehead atoms. The number of anilines is 1. The van der Waals surface area contributed by atoms with Gasteiger partial charge < -0.3 is 14.6 Å². The van der Waals surface area contributed by atoms with E-state index >= 15 is 0 Å². The smallest absolute Gasteiger partial charge is 0.347 e. The van der Waals surface area contributed by atoms with Gasteiger partial charge in [0.05, 0.1) is 23.2 Å². The van der Waals surface area contributed by atoms with E-state index in [1.165, 1.54) is 48.5 Å². The van der Waals surface area contributed by atoms with Gasteiger partial charge in [0.15, 0.2) is 0 Å². The number of carbonyl (C=O) groups excluding carboxylic acids is 2. The third kappa shape index (κ3) is 4.49. The van der Waals surface area contributed by atoms with Crippen molar-refractivity contribution in [1.29, 1.82) is 0 Å². The Bertz CT molecular complexity index is 966. The standard InChI is InChI=1S/C19H19NO7S/c1-12(21)13-4-8-16(9-5-13)28(24,25)20-15-6-2-14(3-7-15)18(22)27-17-10-11-26-19(17)23/h2-9,12,17,20-21H,10-11H2,1H3/t12-,17-/m1/s1. The Hall–Kier alpha value is -2.91. The van der Waals surface area contributed by atoms with Gasteiger partial charge in [-0.3, -0.25) is 4.72 Å². The number of sulfonamides is 1. The Morgan fingerprint density at radius 3 is 2.36 bits per heavy atom. The van der Waals surface area contributed by atoms with Crippen LogP contribution >= 0.6 is 0 Å². The summed E-state index contributed by atoms with van der Waals surface area (Å²) in [6.45, 7) is 1.81. The maximum Gasteiger partial charge on any atom is 0.347 e. The van der Waals surface area contributed by atoms with Crippen molar-refractivity contribution in [2.75, 3.05) is 11.3 Å². The molecule has 1 saturated heterocycles. The van der Waals surface area contributed by atoms with Gasteiger partial charge in [0.25, 0.3) is 10.0 Å². The van der Waals surface area contributed by atoms with Crippen LogP contribution in [0.2, 0.25) is 0 Å². The molecule has 0 aliphatic carbocycles. The van der Waals surface area contributed by atoms with Crippen LogP contribution in [0.3, 0.4) is 0 Å². The first-order valence-corrected chi connectivity index (χ1v) is 10.0. The Balaban J connectivity index is 1.67. The predicted octanol–water partition coefficient (Wildman–Crippen LogP) is 2.01. The fraction of sp³-hybridized carbons (Fsp3) is 0.263. The molecule has 0 saturated carbocycles. The molecule has 1 fully saturated rings. The number of ether oxygens (including phenoxy) is 2. The molecular formula is C19H19NO7S. The minimum atomic E-state index is -3.82. The number of nitrogens with one attached hydrogen (secondary N) is 1. The van der Waals surface area contributed by atoms with Crippen LogP contribution in [0.15, 0.2) is 53.4 Å². The van der Waals surface area contributed by atoms with Crippen LogP contribution in [0.25, 0.3) is 0 Å². The second kappa shape index (κ2) is 7.99. The highest BCUT2D eigenvalue weighted by Gasteiger charge is 2.30. The maximum atomic E-state index is 12.5. The van der Waals surface area contributed by atoms with Crippen molar-refractivity contribution in [3.8, 4) is 0 Å². The van der Waals surface area contributed by atoms with Crippen LogP contribution in [0.5, 0.6) is 0 Å². The second-order valence-corrected chi connectivity index (χ2v) is 7.96. The van der Waals surface area contributed by atoms with Gasteiger partial charge in [-0.2, -0.15) is 0 Å². The van der Waals surface area contributed by atoms with Crippen molar-refractivity contribution in [1.82, 2.24) is 0 Å². The van der Waals surface area contributed by atoms with Crippen molar-refractivity contribution in [3.05, 3.63) is 59.7 Å². The number of carbonyl (C=O) groups is 2. The molecule has 0 amide bonds. The Kier molecular flexibility index (Phi) is 5.66. The highest BCUT2D eigenvalue weighted by Crippen LogP contribution is 2.20. The molecule has 8 nitrogen and oxygen atoms in total. The summed E-state index contributed by atoms with van der Waals surface area (Å²) in [5, 5.41) is 9.50. The van der Waals surface area contributed by atoms with Gasteiger partial charge in [-0.05, 0) is 48.9 Å². The second-order valence-electron chi connectivity index (χ2n) is 6.28. The average Bonchev–Trinajstić information content (AvgIpc) is 3.06. The monoisotopic (exact) mass is 405 g/mol. The molecule has 148 valence electrons. The van der Waals surface area contributed by atoms with Gasteiger partial charge in [0, 0.05) is 12.1 Å². The Labute approximate surface area is 162 Å². The summed E-state index contributed by atoms with van der Waals surface area (Å²) in [6, 6.07) is 11.5. The third-order valence-corrected chi connectivity index (χ3v) is 5.58. The number of cyclic esters (lactones) is 1. The maximum absolute atomic E-state index is 12.5. The van der Waals surface area contributed by atoms with Gasteiger partial charge in [-0.25, -0.2) is 18.0 Å². The first-order chi connectivity index (χ1) is 13.3. The lowest BCUT2D eigenvalue weighted by Gasteiger charge is -2.11. The van der Waals surface area contributed by atoms with Gasteiger partial charge in [0.1, 0.15) is 0 Å². The zero-order valence-electron chi connectivity index (χ0n) is 15.0. The van der Waals surface area contributed by atoms with Crippen LogP contribution in [0.4, 0.5) is 5.69 Å². The van der Waals surface area contributed by atoms with Crippen LogP contribution < -0.4 is 4.72 Å². The third-order valence-electron chi connectivity index (χ3n) is 4.18.